The predicted octanol–water partition coefficient (Wildman–Crippen LogP) is 1.30. The molecule has 1 unspecified atom stereocenters. The number of H-pyrrole nitrogens is 1. The molecule has 2 aromatic rings. The quantitative estimate of drug-likeness (QED) is 0.812. The van der Waals surface area contributed by atoms with Gasteiger partial charge in [-0.1, -0.05) is 18.2 Å². The number of nitrogens with zero attached hydrogens (tertiary/aromatic N) is 2. The lowest BCUT2D eigenvalue weighted by molar-refractivity contribution is 0.0938. The van der Waals surface area contributed by atoms with E-state index in [1.54, 1.807) is 12.1 Å². The second kappa shape index (κ2) is 4.57. The third kappa shape index (κ3) is 2.25. The Bertz CT molecular complexity index is 452. The number of benzene rings is 1. The number of carbonyl (C=O) groups excluding carboxylic acids is 1. The van der Waals surface area contributed by atoms with Crippen LogP contribution < -0.4 is 5.32 Å². The lowest BCUT2D eigenvalue weighted by atomic mass is 10.2. The van der Waals surface area contributed by atoms with E-state index in [0.29, 0.717) is 11.4 Å². The molecule has 1 amide bonds. The minimum absolute atomic E-state index is 0.121. The van der Waals surface area contributed by atoms with E-state index in [1.807, 2.05) is 25.1 Å². The molecule has 2 N–H and O–H groups in total. The number of aromatic nitrogens is 3. The van der Waals surface area contributed by atoms with Crippen LogP contribution in [0, 0.1) is 0 Å². The molecule has 0 spiro atoms. The van der Waals surface area contributed by atoms with E-state index >= 15 is 0 Å². The monoisotopic (exact) mass is 216 g/mol. The molecule has 0 bridgehead atoms. The molecule has 0 aliphatic heterocycles. The Hall–Kier alpha value is -2.17. The molecule has 5 heteroatoms. The van der Waals surface area contributed by atoms with Gasteiger partial charge in [0.25, 0.3) is 5.91 Å². The first kappa shape index (κ1) is 10.4. The van der Waals surface area contributed by atoms with Crippen molar-refractivity contribution in [2.45, 2.75) is 13.0 Å². The van der Waals surface area contributed by atoms with Gasteiger partial charge < -0.3 is 5.32 Å². The van der Waals surface area contributed by atoms with Gasteiger partial charge in [0.15, 0.2) is 0 Å². The minimum Gasteiger partial charge on any atom is -0.342 e. The number of aromatic amines is 1. The van der Waals surface area contributed by atoms with Crippen molar-refractivity contribution < 1.29 is 4.79 Å². The summed E-state index contributed by atoms with van der Waals surface area (Å²) in [4.78, 5) is 15.8. The second-order valence-electron chi connectivity index (χ2n) is 3.43. The summed E-state index contributed by atoms with van der Waals surface area (Å²) >= 11 is 0. The molecule has 0 fully saturated rings. The number of nitrogens with one attached hydrogen (secondary N) is 2. The van der Waals surface area contributed by atoms with Crippen LogP contribution in [-0.4, -0.2) is 21.1 Å². The van der Waals surface area contributed by atoms with Gasteiger partial charge in [-0.3, -0.25) is 9.89 Å². The van der Waals surface area contributed by atoms with Gasteiger partial charge in [0.05, 0.1) is 6.04 Å². The molecule has 0 saturated carbocycles. The first-order chi connectivity index (χ1) is 7.77. The van der Waals surface area contributed by atoms with Crippen molar-refractivity contribution in [3.05, 3.63) is 48.0 Å². The van der Waals surface area contributed by atoms with Gasteiger partial charge in [-0.25, -0.2) is 4.98 Å². The van der Waals surface area contributed by atoms with Gasteiger partial charge in [-0.2, -0.15) is 5.10 Å². The number of amides is 1. The largest absolute Gasteiger partial charge is 0.342 e. The van der Waals surface area contributed by atoms with Crippen molar-refractivity contribution in [3.8, 4) is 0 Å². The molecule has 0 aliphatic carbocycles. The van der Waals surface area contributed by atoms with E-state index in [-0.39, 0.29) is 11.9 Å². The highest BCUT2D eigenvalue weighted by molar-refractivity contribution is 5.94. The highest BCUT2D eigenvalue weighted by Gasteiger charge is 2.12. The molecular formula is C11H12N4O. The van der Waals surface area contributed by atoms with Crippen LogP contribution in [0.1, 0.15) is 29.1 Å². The van der Waals surface area contributed by atoms with Gasteiger partial charge in [-0.05, 0) is 19.1 Å². The molecule has 1 aromatic heterocycles. The van der Waals surface area contributed by atoms with Crippen LogP contribution in [0.15, 0.2) is 36.7 Å². The average molecular weight is 216 g/mol. The Morgan fingerprint density at radius 2 is 2.12 bits per heavy atom. The maximum atomic E-state index is 11.8. The maximum absolute atomic E-state index is 11.8. The molecule has 2 rings (SSSR count). The lowest BCUT2D eigenvalue weighted by Gasteiger charge is -2.10. The van der Waals surface area contributed by atoms with E-state index in [4.69, 9.17) is 0 Å². The fourth-order valence-electron chi connectivity index (χ4n) is 1.36. The van der Waals surface area contributed by atoms with Crippen LogP contribution >= 0.6 is 0 Å². The van der Waals surface area contributed by atoms with Gasteiger partial charge in [-0.15, -0.1) is 0 Å². The number of hydrogen-bond acceptors (Lipinski definition) is 3. The van der Waals surface area contributed by atoms with Gasteiger partial charge in [0, 0.05) is 5.56 Å². The molecule has 0 aliphatic rings. The zero-order valence-corrected chi connectivity index (χ0v) is 8.84. The summed E-state index contributed by atoms with van der Waals surface area (Å²) in [5, 5.41) is 9.28. The van der Waals surface area contributed by atoms with Crippen LogP contribution in [0.4, 0.5) is 0 Å². The summed E-state index contributed by atoms with van der Waals surface area (Å²) in [7, 11) is 0. The van der Waals surface area contributed by atoms with Crippen LogP contribution in [0.5, 0.6) is 0 Å². The normalized spacial score (nSPS) is 12.1. The van der Waals surface area contributed by atoms with E-state index in [2.05, 4.69) is 20.5 Å². The summed E-state index contributed by atoms with van der Waals surface area (Å²) in [5.74, 6) is 0.522. The Kier molecular flexibility index (Phi) is 2.95. The fraction of sp³-hybridized carbons (Fsp3) is 0.182. The van der Waals surface area contributed by atoms with Gasteiger partial charge in [0.2, 0.25) is 0 Å². The van der Waals surface area contributed by atoms with Gasteiger partial charge >= 0.3 is 0 Å². The maximum Gasteiger partial charge on any atom is 0.251 e. The van der Waals surface area contributed by atoms with Crippen molar-refractivity contribution in [3.63, 3.8) is 0 Å². The first-order valence-corrected chi connectivity index (χ1v) is 4.98. The summed E-state index contributed by atoms with van der Waals surface area (Å²) in [6.45, 7) is 1.85. The number of carbonyl (C=O) groups is 1. The van der Waals surface area contributed by atoms with E-state index in [1.165, 1.54) is 6.33 Å². The second-order valence-corrected chi connectivity index (χ2v) is 3.43. The third-order valence-corrected chi connectivity index (χ3v) is 2.23. The van der Waals surface area contributed by atoms with Crippen molar-refractivity contribution in [1.29, 1.82) is 0 Å². The average Bonchev–Trinajstić information content (AvgIpc) is 2.83. The molecule has 16 heavy (non-hydrogen) atoms. The first-order valence-electron chi connectivity index (χ1n) is 4.98. The Morgan fingerprint density at radius 1 is 1.38 bits per heavy atom. The van der Waals surface area contributed by atoms with Crippen LogP contribution in [0.25, 0.3) is 0 Å². The Labute approximate surface area is 92.9 Å². The molecule has 1 atom stereocenters. The SMILES string of the molecule is CC(NC(=O)c1ccccc1)c1ncn[nH]1. The predicted molar refractivity (Wildman–Crippen MR) is 58.7 cm³/mol. The Balaban J connectivity index is 2.03. The van der Waals surface area contributed by atoms with Crippen LogP contribution in [0.2, 0.25) is 0 Å². The van der Waals surface area contributed by atoms with E-state index in [9.17, 15) is 4.79 Å². The molecule has 5 nitrogen and oxygen atoms in total. The molecule has 1 aromatic carbocycles. The fourth-order valence-corrected chi connectivity index (χ4v) is 1.36. The van der Waals surface area contributed by atoms with Crippen molar-refractivity contribution in [1.82, 2.24) is 20.5 Å². The van der Waals surface area contributed by atoms with Crippen LogP contribution in [0.3, 0.4) is 0 Å². The topological polar surface area (TPSA) is 70.7 Å². The highest BCUT2D eigenvalue weighted by Crippen LogP contribution is 2.06. The smallest absolute Gasteiger partial charge is 0.251 e. The summed E-state index contributed by atoms with van der Waals surface area (Å²) < 4.78 is 0. The summed E-state index contributed by atoms with van der Waals surface area (Å²) in [6, 6.07) is 8.87. The standard InChI is InChI=1S/C11H12N4O/c1-8(10-12-7-13-15-10)14-11(16)9-5-3-2-4-6-9/h2-8H,1H3,(H,14,16)(H,12,13,15). The zero-order chi connectivity index (χ0) is 11.4. The molecule has 0 saturated heterocycles. The highest BCUT2D eigenvalue weighted by atomic mass is 16.1. The summed E-state index contributed by atoms with van der Waals surface area (Å²) in [6.07, 6.45) is 1.42. The van der Waals surface area contributed by atoms with E-state index < -0.39 is 0 Å². The molecular weight excluding hydrogens is 204 g/mol. The summed E-state index contributed by atoms with van der Waals surface area (Å²) in [5.41, 5.74) is 0.633. The molecule has 0 radical (unpaired) electrons. The zero-order valence-electron chi connectivity index (χ0n) is 8.84. The Morgan fingerprint density at radius 3 is 2.75 bits per heavy atom. The lowest BCUT2D eigenvalue weighted by Crippen LogP contribution is -2.27. The van der Waals surface area contributed by atoms with Gasteiger partial charge in [0.1, 0.15) is 12.2 Å². The van der Waals surface area contributed by atoms with Crippen molar-refractivity contribution in [2.24, 2.45) is 0 Å². The number of hydrogen-bond donors (Lipinski definition) is 2. The molecule has 82 valence electrons. The minimum atomic E-state index is -0.185. The van der Waals surface area contributed by atoms with Crippen molar-refractivity contribution >= 4 is 5.91 Å². The van der Waals surface area contributed by atoms with E-state index in [0.717, 1.165) is 0 Å². The van der Waals surface area contributed by atoms with Crippen molar-refractivity contribution in [2.75, 3.05) is 0 Å². The van der Waals surface area contributed by atoms with Crippen LogP contribution in [-0.2, 0) is 0 Å². The number of rotatable bonds is 3. The molecule has 1 heterocycles. The third-order valence-electron chi connectivity index (χ3n) is 2.23.